The van der Waals surface area contributed by atoms with Gasteiger partial charge in [-0.15, -0.1) is 0 Å². The van der Waals surface area contributed by atoms with Crippen LogP contribution in [0.1, 0.15) is 51.4 Å². The Hall–Kier alpha value is -0.0400. The third kappa shape index (κ3) is 2.07. The average Bonchev–Trinajstić information content (AvgIpc) is 2.48. The van der Waals surface area contributed by atoms with Gasteiger partial charge in [-0.3, -0.25) is 0 Å². The zero-order chi connectivity index (χ0) is 9.15. The maximum absolute atomic E-state index is 3.40. The number of hydrogen-bond acceptors (Lipinski definition) is 1. The smallest absolute Gasteiger partial charge is 0.000491 e. The lowest BCUT2D eigenvalue weighted by atomic mass is 9.78. The van der Waals surface area contributed by atoms with E-state index in [-0.39, 0.29) is 0 Å². The summed E-state index contributed by atoms with van der Waals surface area (Å²) in [6.07, 6.45) is 12.0. The first-order chi connectivity index (χ1) is 6.35. The average molecular weight is 181 g/mol. The van der Waals surface area contributed by atoms with Crippen LogP contribution in [0.5, 0.6) is 0 Å². The summed E-state index contributed by atoms with van der Waals surface area (Å²) in [5, 5.41) is 3.40. The van der Waals surface area contributed by atoms with Gasteiger partial charge in [0.15, 0.2) is 0 Å². The maximum Gasteiger partial charge on any atom is 0.000491 e. The van der Waals surface area contributed by atoms with Gasteiger partial charge in [-0.25, -0.2) is 0 Å². The topological polar surface area (TPSA) is 12.0 Å². The molecule has 13 heavy (non-hydrogen) atoms. The van der Waals surface area contributed by atoms with E-state index in [4.69, 9.17) is 0 Å². The van der Waals surface area contributed by atoms with Gasteiger partial charge in [0.05, 0.1) is 0 Å². The summed E-state index contributed by atoms with van der Waals surface area (Å²) in [5.41, 5.74) is 0.708. The van der Waals surface area contributed by atoms with E-state index < -0.39 is 0 Å². The predicted molar refractivity (Wildman–Crippen MR) is 56.8 cm³/mol. The van der Waals surface area contributed by atoms with Crippen molar-refractivity contribution in [1.82, 2.24) is 5.32 Å². The van der Waals surface area contributed by atoms with E-state index in [0.29, 0.717) is 5.41 Å². The van der Waals surface area contributed by atoms with Crippen LogP contribution in [-0.2, 0) is 0 Å². The second kappa shape index (κ2) is 4.00. The van der Waals surface area contributed by atoms with Crippen molar-refractivity contribution < 1.29 is 0 Å². The summed E-state index contributed by atoms with van der Waals surface area (Å²) in [4.78, 5) is 0. The predicted octanol–water partition coefficient (Wildman–Crippen LogP) is 2.96. The largest absolute Gasteiger partial charge is 0.319 e. The van der Waals surface area contributed by atoms with Crippen molar-refractivity contribution in [3.63, 3.8) is 0 Å². The van der Waals surface area contributed by atoms with Gasteiger partial charge in [0.1, 0.15) is 0 Å². The van der Waals surface area contributed by atoms with Gasteiger partial charge in [0.2, 0.25) is 0 Å². The number of nitrogens with one attached hydrogen (secondary N) is 1. The molecule has 0 aliphatic heterocycles. The first kappa shape index (κ1) is 9.51. The van der Waals surface area contributed by atoms with Crippen LogP contribution in [-0.4, -0.2) is 13.6 Å². The molecule has 2 aliphatic carbocycles. The van der Waals surface area contributed by atoms with Crippen LogP contribution in [0.2, 0.25) is 0 Å². The van der Waals surface area contributed by atoms with E-state index in [0.717, 1.165) is 5.92 Å². The summed E-state index contributed by atoms with van der Waals surface area (Å²) in [6.45, 7) is 1.27. The lowest BCUT2D eigenvalue weighted by Crippen LogP contribution is -2.30. The van der Waals surface area contributed by atoms with Gasteiger partial charge in [-0.05, 0) is 44.1 Å². The Bertz CT molecular complexity index is 167. The lowest BCUT2D eigenvalue weighted by Gasteiger charge is -2.31. The molecule has 0 radical (unpaired) electrons. The van der Waals surface area contributed by atoms with Crippen LogP contribution in [0.4, 0.5) is 0 Å². The molecule has 0 saturated heterocycles. The SMILES string of the molecule is CNCC12CCCCCC(CC1)C2. The quantitative estimate of drug-likeness (QED) is 0.690. The molecule has 2 aliphatic rings. The third-order valence-corrected chi connectivity index (χ3v) is 4.18. The van der Waals surface area contributed by atoms with E-state index in [1.165, 1.54) is 57.9 Å². The summed E-state index contributed by atoms with van der Waals surface area (Å²) >= 11 is 0. The minimum atomic E-state index is 0.708. The van der Waals surface area contributed by atoms with E-state index in [2.05, 4.69) is 12.4 Å². The van der Waals surface area contributed by atoms with Gasteiger partial charge >= 0.3 is 0 Å². The molecule has 0 aromatic heterocycles. The van der Waals surface area contributed by atoms with Crippen molar-refractivity contribution >= 4 is 0 Å². The second-order valence-electron chi connectivity index (χ2n) is 5.24. The van der Waals surface area contributed by atoms with Gasteiger partial charge in [0.25, 0.3) is 0 Å². The van der Waals surface area contributed by atoms with Crippen molar-refractivity contribution in [2.45, 2.75) is 51.4 Å². The minimum Gasteiger partial charge on any atom is -0.319 e. The summed E-state index contributed by atoms with van der Waals surface area (Å²) in [6, 6.07) is 0. The van der Waals surface area contributed by atoms with Gasteiger partial charge in [-0.1, -0.05) is 25.7 Å². The fourth-order valence-corrected chi connectivity index (χ4v) is 3.53. The molecule has 2 atom stereocenters. The molecule has 1 nitrogen and oxygen atoms in total. The number of rotatable bonds is 2. The van der Waals surface area contributed by atoms with Crippen LogP contribution in [0.15, 0.2) is 0 Å². The molecule has 2 fully saturated rings. The van der Waals surface area contributed by atoms with Gasteiger partial charge < -0.3 is 5.32 Å². The molecule has 0 amide bonds. The molecular formula is C12H23N. The Morgan fingerprint density at radius 3 is 2.92 bits per heavy atom. The Morgan fingerprint density at radius 2 is 2.08 bits per heavy atom. The van der Waals surface area contributed by atoms with E-state index in [9.17, 15) is 0 Å². The Morgan fingerprint density at radius 1 is 1.15 bits per heavy atom. The Kier molecular flexibility index (Phi) is 2.92. The molecule has 0 aromatic rings. The van der Waals surface area contributed by atoms with Crippen LogP contribution in [0, 0.1) is 11.3 Å². The molecule has 2 rings (SSSR count). The molecule has 1 N–H and O–H groups in total. The molecule has 2 saturated carbocycles. The van der Waals surface area contributed by atoms with Crippen LogP contribution in [0.3, 0.4) is 0 Å². The summed E-state index contributed by atoms with van der Waals surface area (Å²) in [7, 11) is 2.11. The molecule has 1 heteroatoms. The van der Waals surface area contributed by atoms with Crippen molar-refractivity contribution in [3.05, 3.63) is 0 Å². The highest BCUT2D eigenvalue weighted by atomic mass is 14.8. The highest BCUT2D eigenvalue weighted by Crippen LogP contribution is 2.48. The molecule has 2 bridgehead atoms. The van der Waals surface area contributed by atoms with E-state index in [1.807, 2.05) is 0 Å². The van der Waals surface area contributed by atoms with Crippen molar-refractivity contribution in [2.75, 3.05) is 13.6 Å². The Balaban J connectivity index is 2.00. The summed E-state index contributed by atoms with van der Waals surface area (Å²) in [5.74, 6) is 1.08. The molecule has 0 spiro atoms. The fraction of sp³-hybridized carbons (Fsp3) is 1.00. The zero-order valence-electron chi connectivity index (χ0n) is 8.94. The maximum atomic E-state index is 3.40. The standard InChI is InChI=1S/C12H23N/c1-13-10-12-7-4-2-3-5-11(9-12)6-8-12/h11,13H,2-10H2,1H3. The van der Waals surface area contributed by atoms with Crippen LogP contribution < -0.4 is 5.32 Å². The highest BCUT2D eigenvalue weighted by molar-refractivity contribution is 4.91. The number of fused-ring (bicyclic) bond motifs is 2. The number of hydrogen-bond donors (Lipinski definition) is 1. The summed E-state index contributed by atoms with van der Waals surface area (Å²) < 4.78 is 0. The minimum absolute atomic E-state index is 0.708. The van der Waals surface area contributed by atoms with Crippen LogP contribution >= 0.6 is 0 Å². The second-order valence-corrected chi connectivity index (χ2v) is 5.24. The van der Waals surface area contributed by atoms with E-state index >= 15 is 0 Å². The van der Waals surface area contributed by atoms with Crippen LogP contribution in [0.25, 0.3) is 0 Å². The molecule has 0 heterocycles. The molecule has 2 unspecified atom stereocenters. The first-order valence-corrected chi connectivity index (χ1v) is 5.99. The Labute approximate surface area is 82.3 Å². The first-order valence-electron chi connectivity index (χ1n) is 5.99. The zero-order valence-corrected chi connectivity index (χ0v) is 8.94. The molecule has 76 valence electrons. The highest BCUT2D eigenvalue weighted by Gasteiger charge is 2.38. The van der Waals surface area contributed by atoms with Crippen molar-refractivity contribution in [2.24, 2.45) is 11.3 Å². The van der Waals surface area contributed by atoms with Gasteiger partial charge in [0, 0.05) is 6.54 Å². The normalized spacial score (nSPS) is 39.9. The molecular weight excluding hydrogens is 158 g/mol. The lowest BCUT2D eigenvalue weighted by molar-refractivity contribution is 0.228. The van der Waals surface area contributed by atoms with Crippen molar-refractivity contribution in [3.8, 4) is 0 Å². The third-order valence-electron chi connectivity index (χ3n) is 4.18. The monoisotopic (exact) mass is 181 g/mol. The fourth-order valence-electron chi connectivity index (χ4n) is 3.53. The van der Waals surface area contributed by atoms with E-state index in [1.54, 1.807) is 0 Å². The van der Waals surface area contributed by atoms with Crippen molar-refractivity contribution in [1.29, 1.82) is 0 Å². The molecule has 0 aromatic carbocycles. The van der Waals surface area contributed by atoms with Gasteiger partial charge in [-0.2, -0.15) is 0 Å².